The first-order valence-electron chi connectivity index (χ1n) is 6.53. The lowest BCUT2D eigenvalue weighted by atomic mass is 10.0. The summed E-state index contributed by atoms with van der Waals surface area (Å²) in [6.45, 7) is 4.64. The van der Waals surface area contributed by atoms with Gasteiger partial charge in [-0.15, -0.1) is 0 Å². The third kappa shape index (κ3) is 3.05. The number of benzene rings is 2. The number of hydrogen-bond acceptors (Lipinski definition) is 2. The Morgan fingerprint density at radius 3 is 2.65 bits per heavy atom. The zero-order valence-corrected chi connectivity index (χ0v) is 12.2. The molecule has 0 spiro atoms. The van der Waals surface area contributed by atoms with Crippen LogP contribution >= 0.6 is 11.6 Å². The van der Waals surface area contributed by atoms with Crippen molar-refractivity contribution in [2.24, 2.45) is 0 Å². The summed E-state index contributed by atoms with van der Waals surface area (Å²) in [5, 5.41) is 10.6. The smallest absolute Gasteiger partial charge is 0.125 e. The average Bonchev–Trinajstić information content (AvgIpc) is 2.42. The van der Waals surface area contributed by atoms with Gasteiger partial charge >= 0.3 is 0 Å². The summed E-state index contributed by atoms with van der Waals surface area (Å²) in [4.78, 5) is 2.01. The fourth-order valence-corrected chi connectivity index (χ4v) is 2.54. The van der Waals surface area contributed by atoms with Gasteiger partial charge in [-0.25, -0.2) is 4.39 Å². The fourth-order valence-electron chi connectivity index (χ4n) is 2.36. The first-order chi connectivity index (χ1) is 9.52. The molecule has 1 atom stereocenters. The van der Waals surface area contributed by atoms with Crippen LogP contribution in [0, 0.1) is 5.82 Å². The molecule has 1 N–H and O–H groups in total. The quantitative estimate of drug-likeness (QED) is 0.877. The highest BCUT2D eigenvalue weighted by Crippen LogP contribution is 2.33. The molecule has 2 rings (SSSR count). The lowest BCUT2D eigenvalue weighted by Crippen LogP contribution is -2.26. The van der Waals surface area contributed by atoms with E-state index in [1.54, 1.807) is 24.3 Å². The second-order valence-electron chi connectivity index (χ2n) is 4.64. The number of nitrogens with zero attached hydrogens (tertiary/aromatic N) is 1. The second kappa shape index (κ2) is 6.14. The van der Waals surface area contributed by atoms with Crippen molar-refractivity contribution in [2.75, 3.05) is 11.4 Å². The van der Waals surface area contributed by atoms with Gasteiger partial charge in [-0.2, -0.15) is 0 Å². The van der Waals surface area contributed by atoms with Gasteiger partial charge in [-0.3, -0.25) is 0 Å². The molecule has 4 heteroatoms. The van der Waals surface area contributed by atoms with E-state index < -0.39 is 0 Å². The van der Waals surface area contributed by atoms with Gasteiger partial charge in [0, 0.05) is 22.8 Å². The largest absolute Gasteiger partial charge is 0.508 e. The van der Waals surface area contributed by atoms with Crippen molar-refractivity contribution >= 4 is 17.3 Å². The van der Waals surface area contributed by atoms with Gasteiger partial charge in [0.25, 0.3) is 0 Å². The predicted molar refractivity (Wildman–Crippen MR) is 81.0 cm³/mol. The van der Waals surface area contributed by atoms with Crippen molar-refractivity contribution in [2.45, 2.75) is 19.9 Å². The minimum Gasteiger partial charge on any atom is -0.508 e. The number of hydrogen-bond donors (Lipinski definition) is 1. The molecule has 0 aromatic heterocycles. The molecule has 2 aromatic rings. The normalized spacial score (nSPS) is 12.2. The van der Waals surface area contributed by atoms with Gasteiger partial charge in [-0.1, -0.05) is 17.7 Å². The van der Waals surface area contributed by atoms with Crippen LogP contribution in [0.1, 0.15) is 25.5 Å². The van der Waals surface area contributed by atoms with Gasteiger partial charge < -0.3 is 10.0 Å². The van der Waals surface area contributed by atoms with Gasteiger partial charge in [-0.05, 0) is 50.2 Å². The summed E-state index contributed by atoms with van der Waals surface area (Å²) in [5.41, 5.74) is 1.50. The summed E-state index contributed by atoms with van der Waals surface area (Å²) in [7, 11) is 0. The van der Waals surface area contributed by atoms with Crippen LogP contribution in [0.15, 0.2) is 42.5 Å². The summed E-state index contributed by atoms with van der Waals surface area (Å²) in [6, 6.07) is 11.3. The summed E-state index contributed by atoms with van der Waals surface area (Å²) >= 11 is 5.99. The molecule has 0 aliphatic carbocycles. The monoisotopic (exact) mass is 293 g/mol. The van der Waals surface area contributed by atoms with Crippen molar-refractivity contribution in [3.8, 4) is 5.75 Å². The van der Waals surface area contributed by atoms with E-state index in [-0.39, 0.29) is 17.6 Å². The van der Waals surface area contributed by atoms with E-state index in [1.807, 2.05) is 24.8 Å². The number of halogens is 2. The molecule has 20 heavy (non-hydrogen) atoms. The maximum atomic E-state index is 13.4. The van der Waals surface area contributed by atoms with E-state index in [2.05, 4.69) is 0 Å². The first kappa shape index (κ1) is 14.7. The minimum absolute atomic E-state index is 0.111. The number of aromatic hydroxyl groups is 1. The maximum Gasteiger partial charge on any atom is 0.125 e. The molecular weight excluding hydrogens is 277 g/mol. The Bertz CT molecular complexity index is 603. The lowest BCUT2D eigenvalue weighted by molar-refractivity contribution is 0.461. The highest BCUT2D eigenvalue weighted by Gasteiger charge is 2.18. The van der Waals surface area contributed by atoms with Crippen molar-refractivity contribution < 1.29 is 9.50 Å². The van der Waals surface area contributed by atoms with Crippen LogP contribution in [0.3, 0.4) is 0 Å². The molecule has 0 radical (unpaired) electrons. The van der Waals surface area contributed by atoms with E-state index in [9.17, 15) is 9.50 Å². The molecule has 0 amide bonds. The predicted octanol–water partition coefficient (Wildman–Crippen LogP) is 4.77. The molecular formula is C16H17ClFNO. The molecule has 0 fully saturated rings. The van der Waals surface area contributed by atoms with Gasteiger partial charge in [0.05, 0.1) is 6.04 Å². The summed E-state index contributed by atoms with van der Waals surface area (Å²) in [6.07, 6.45) is 0. The van der Waals surface area contributed by atoms with Crippen molar-refractivity contribution in [1.29, 1.82) is 0 Å². The van der Waals surface area contributed by atoms with Crippen molar-refractivity contribution in [3.63, 3.8) is 0 Å². The first-order valence-corrected chi connectivity index (χ1v) is 6.91. The Labute approximate surface area is 123 Å². The van der Waals surface area contributed by atoms with Crippen LogP contribution in [-0.4, -0.2) is 11.7 Å². The average molecular weight is 294 g/mol. The molecule has 0 aliphatic rings. The molecule has 0 saturated carbocycles. The number of phenols is 1. The highest BCUT2D eigenvalue weighted by molar-refractivity contribution is 6.30. The number of anilines is 1. The van der Waals surface area contributed by atoms with Crippen LogP contribution in [-0.2, 0) is 0 Å². The number of rotatable bonds is 4. The zero-order valence-electron chi connectivity index (χ0n) is 11.5. The van der Waals surface area contributed by atoms with Crippen LogP contribution < -0.4 is 4.90 Å². The van der Waals surface area contributed by atoms with Gasteiger partial charge in [0.2, 0.25) is 0 Å². The molecule has 0 aliphatic heterocycles. The van der Waals surface area contributed by atoms with Crippen LogP contribution in [0.5, 0.6) is 5.75 Å². The Kier molecular flexibility index (Phi) is 4.50. The molecule has 0 bridgehead atoms. The molecule has 0 heterocycles. The lowest BCUT2D eigenvalue weighted by Gasteiger charge is -2.31. The maximum absolute atomic E-state index is 13.4. The van der Waals surface area contributed by atoms with E-state index in [4.69, 9.17) is 11.6 Å². The van der Waals surface area contributed by atoms with Crippen LogP contribution in [0.2, 0.25) is 5.02 Å². The number of phenolic OH excluding ortho intramolecular Hbond substituents is 1. The summed E-state index contributed by atoms with van der Waals surface area (Å²) in [5.74, 6) is -0.0831. The Balaban J connectivity index is 2.38. The van der Waals surface area contributed by atoms with Gasteiger partial charge in [0.1, 0.15) is 11.6 Å². The summed E-state index contributed by atoms with van der Waals surface area (Å²) < 4.78 is 13.4. The van der Waals surface area contributed by atoms with Crippen molar-refractivity contribution in [1.82, 2.24) is 0 Å². The molecule has 0 saturated heterocycles. The van der Waals surface area contributed by atoms with E-state index in [1.165, 1.54) is 12.1 Å². The fraction of sp³-hybridized carbons (Fsp3) is 0.250. The Hall–Kier alpha value is -1.74. The van der Waals surface area contributed by atoms with Crippen LogP contribution in [0.4, 0.5) is 10.1 Å². The van der Waals surface area contributed by atoms with E-state index in [0.717, 1.165) is 11.3 Å². The van der Waals surface area contributed by atoms with Gasteiger partial charge in [0.15, 0.2) is 0 Å². The Morgan fingerprint density at radius 2 is 2.00 bits per heavy atom. The van der Waals surface area contributed by atoms with Crippen LogP contribution in [0.25, 0.3) is 0 Å². The zero-order chi connectivity index (χ0) is 14.7. The minimum atomic E-state index is -0.275. The molecule has 1 unspecified atom stereocenters. The molecule has 106 valence electrons. The van der Waals surface area contributed by atoms with Crippen molar-refractivity contribution in [3.05, 3.63) is 58.9 Å². The third-order valence-electron chi connectivity index (χ3n) is 3.39. The molecule has 2 aromatic carbocycles. The van der Waals surface area contributed by atoms with E-state index in [0.29, 0.717) is 11.6 Å². The standard InChI is InChI=1S/C16H17ClFNO/c1-3-19(14-6-4-5-13(18)10-14)11(2)15-9-12(17)7-8-16(15)20/h4-11,20H,3H2,1-2H3. The topological polar surface area (TPSA) is 23.5 Å². The highest BCUT2D eigenvalue weighted by atomic mass is 35.5. The second-order valence-corrected chi connectivity index (χ2v) is 5.08. The molecule has 2 nitrogen and oxygen atoms in total. The third-order valence-corrected chi connectivity index (χ3v) is 3.62. The SMILES string of the molecule is CCN(c1cccc(F)c1)C(C)c1cc(Cl)ccc1O. The van der Waals surface area contributed by atoms with E-state index >= 15 is 0 Å². The Morgan fingerprint density at radius 1 is 1.25 bits per heavy atom.